The lowest BCUT2D eigenvalue weighted by Crippen LogP contribution is -2.23. The largest absolute Gasteiger partial charge is 0.492 e. The van der Waals surface area contributed by atoms with Gasteiger partial charge < -0.3 is 25.8 Å². The Balaban J connectivity index is 0.00000392. The van der Waals surface area contributed by atoms with Crippen LogP contribution < -0.4 is 25.8 Å². The quantitative estimate of drug-likeness (QED) is 0.222. The number of benzene rings is 2. The highest BCUT2D eigenvalue weighted by atomic mass is 127. The molecule has 0 unspecified atom stereocenters. The number of guanidine groups is 1. The number of halogens is 1. The number of hydrogen-bond acceptors (Lipinski definition) is 4. The van der Waals surface area contributed by atoms with Crippen molar-refractivity contribution in [2.75, 3.05) is 23.8 Å². The molecule has 2 rings (SSSR count). The Morgan fingerprint density at radius 3 is 2.43 bits per heavy atom. The van der Waals surface area contributed by atoms with Crippen LogP contribution in [-0.4, -0.2) is 31.1 Å². The van der Waals surface area contributed by atoms with Crippen LogP contribution in [0.4, 0.5) is 11.4 Å². The lowest BCUT2D eigenvalue weighted by atomic mass is 10.3. The topological polar surface area (TPSA) is 98.0 Å². The fourth-order valence-corrected chi connectivity index (χ4v) is 2.27. The number of nitrogens with zero attached hydrogens (tertiary/aromatic N) is 1. The van der Waals surface area contributed by atoms with Crippen LogP contribution in [0.5, 0.6) is 11.5 Å². The van der Waals surface area contributed by atoms with Gasteiger partial charge in [0, 0.05) is 24.4 Å². The normalized spacial score (nSPS) is 10.8. The predicted molar refractivity (Wildman–Crippen MR) is 124 cm³/mol. The monoisotopic (exact) mass is 498 g/mol. The molecular weight excluding hydrogens is 471 g/mol. The van der Waals surface area contributed by atoms with Crippen LogP contribution in [0.1, 0.15) is 20.8 Å². The van der Waals surface area contributed by atoms with E-state index in [1.54, 1.807) is 12.1 Å². The van der Waals surface area contributed by atoms with E-state index in [2.05, 4.69) is 15.6 Å². The van der Waals surface area contributed by atoms with Crippen LogP contribution >= 0.6 is 24.0 Å². The van der Waals surface area contributed by atoms with Gasteiger partial charge in [0.1, 0.15) is 18.1 Å². The Morgan fingerprint density at radius 2 is 1.79 bits per heavy atom. The highest BCUT2D eigenvalue weighted by molar-refractivity contribution is 14.0. The van der Waals surface area contributed by atoms with Crippen LogP contribution in [-0.2, 0) is 4.79 Å². The number of amides is 1. The maximum atomic E-state index is 11.1. The zero-order valence-electron chi connectivity index (χ0n) is 16.3. The van der Waals surface area contributed by atoms with Crippen molar-refractivity contribution < 1.29 is 14.3 Å². The van der Waals surface area contributed by atoms with Crippen molar-refractivity contribution in [3.8, 4) is 11.5 Å². The summed E-state index contributed by atoms with van der Waals surface area (Å²) in [6.45, 7) is 6.19. The number of nitrogens with two attached hydrogens (primary N) is 1. The van der Waals surface area contributed by atoms with Crippen LogP contribution in [0.3, 0.4) is 0 Å². The van der Waals surface area contributed by atoms with E-state index in [1.807, 2.05) is 50.2 Å². The Morgan fingerprint density at radius 1 is 1.07 bits per heavy atom. The molecule has 28 heavy (non-hydrogen) atoms. The fourth-order valence-electron chi connectivity index (χ4n) is 2.27. The Hall–Kier alpha value is -2.49. The molecule has 7 nitrogen and oxygen atoms in total. The van der Waals surface area contributed by atoms with Crippen LogP contribution in [0.2, 0.25) is 0 Å². The summed E-state index contributed by atoms with van der Waals surface area (Å²) in [5.74, 6) is 1.65. The molecule has 2 aromatic carbocycles. The second kappa shape index (κ2) is 12.1. The number of ether oxygens (including phenoxy) is 2. The highest BCUT2D eigenvalue weighted by Crippen LogP contribution is 2.18. The maximum absolute atomic E-state index is 11.1. The summed E-state index contributed by atoms with van der Waals surface area (Å²) in [6, 6.07) is 14.7. The van der Waals surface area contributed by atoms with Crippen LogP contribution in [0.15, 0.2) is 53.5 Å². The van der Waals surface area contributed by atoms with Crippen molar-refractivity contribution in [2.24, 2.45) is 10.7 Å². The molecule has 0 atom stereocenters. The molecule has 0 aliphatic heterocycles. The summed E-state index contributed by atoms with van der Waals surface area (Å²) in [4.78, 5) is 15.3. The molecule has 0 aliphatic rings. The average molecular weight is 498 g/mol. The second-order valence-corrected chi connectivity index (χ2v) is 6.14. The van der Waals surface area contributed by atoms with Gasteiger partial charge in [-0.3, -0.25) is 4.79 Å². The fraction of sp³-hybridized carbons (Fsp3) is 0.300. The first-order chi connectivity index (χ1) is 12.9. The summed E-state index contributed by atoms with van der Waals surface area (Å²) >= 11 is 0. The van der Waals surface area contributed by atoms with Crippen molar-refractivity contribution in [3.05, 3.63) is 48.5 Å². The first kappa shape index (κ1) is 23.5. The van der Waals surface area contributed by atoms with Crippen LogP contribution in [0.25, 0.3) is 0 Å². The van der Waals surface area contributed by atoms with Gasteiger partial charge in [-0.15, -0.1) is 24.0 Å². The van der Waals surface area contributed by atoms with E-state index in [0.29, 0.717) is 30.5 Å². The minimum absolute atomic E-state index is 0. The number of aliphatic imine (C=N–C) groups is 1. The Bertz CT molecular complexity index is 779. The van der Waals surface area contributed by atoms with Gasteiger partial charge >= 0.3 is 0 Å². The van der Waals surface area contributed by atoms with Gasteiger partial charge in [0.2, 0.25) is 5.91 Å². The van der Waals surface area contributed by atoms with Crippen molar-refractivity contribution in [1.82, 2.24) is 0 Å². The van der Waals surface area contributed by atoms with Crippen molar-refractivity contribution in [3.63, 3.8) is 0 Å². The number of hydrogen-bond donors (Lipinski definition) is 3. The van der Waals surface area contributed by atoms with Gasteiger partial charge in [0.15, 0.2) is 5.96 Å². The zero-order chi connectivity index (χ0) is 19.6. The van der Waals surface area contributed by atoms with Gasteiger partial charge in [0.25, 0.3) is 0 Å². The molecule has 1 amide bonds. The minimum Gasteiger partial charge on any atom is -0.492 e. The van der Waals surface area contributed by atoms with Crippen molar-refractivity contribution in [2.45, 2.75) is 26.9 Å². The molecule has 4 N–H and O–H groups in total. The van der Waals surface area contributed by atoms with Gasteiger partial charge in [-0.05, 0) is 50.2 Å². The SMILES string of the molecule is CC(=O)Nc1cccc(OCCN=C(N)Nc2ccc(OC(C)C)cc2)c1.I. The molecule has 0 radical (unpaired) electrons. The number of nitrogens with one attached hydrogen (secondary N) is 2. The van der Waals surface area contributed by atoms with Gasteiger partial charge in [-0.1, -0.05) is 6.07 Å². The van der Waals surface area contributed by atoms with E-state index in [0.717, 1.165) is 11.4 Å². The lowest BCUT2D eigenvalue weighted by molar-refractivity contribution is -0.114. The Kier molecular flexibility index (Phi) is 10.1. The van der Waals surface area contributed by atoms with Gasteiger partial charge in [0.05, 0.1) is 12.6 Å². The molecule has 152 valence electrons. The number of anilines is 2. The van der Waals surface area contributed by atoms with Crippen LogP contribution in [0, 0.1) is 0 Å². The molecule has 0 saturated heterocycles. The first-order valence-corrected chi connectivity index (χ1v) is 8.76. The highest BCUT2D eigenvalue weighted by Gasteiger charge is 2.00. The molecule has 0 bridgehead atoms. The van der Waals surface area contributed by atoms with Gasteiger partial charge in [-0.25, -0.2) is 4.99 Å². The second-order valence-electron chi connectivity index (χ2n) is 6.14. The number of carbonyl (C=O) groups excluding carboxylic acids is 1. The van der Waals surface area contributed by atoms with Gasteiger partial charge in [-0.2, -0.15) is 0 Å². The smallest absolute Gasteiger partial charge is 0.221 e. The zero-order valence-corrected chi connectivity index (χ0v) is 18.6. The number of rotatable bonds is 8. The van der Waals surface area contributed by atoms with Crippen molar-refractivity contribution >= 4 is 47.2 Å². The molecule has 0 aromatic heterocycles. The third-order valence-corrected chi connectivity index (χ3v) is 3.30. The van der Waals surface area contributed by atoms with E-state index < -0.39 is 0 Å². The molecule has 2 aromatic rings. The third-order valence-electron chi connectivity index (χ3n) is 3.30. The Labute approximate surface area is 182 Å². The third kappa shape index (κ3) is 8.94. The average Bonchev–Trinajstić information content (AvgIpc) is 2.60. The van der Waals surface area contributed by atoms with E-state index in [1.165, 1.54) is 6.92 Å². The molecule has 0 aliphatic carbocycles. The molecule has 0 spiro atoms. The first-order valence-electron chi connectivity index (χ1n) is 8.76. The summed E-state index contributed by atoms with van der Waals surface area (Å²) in [5, 5.41) is 5.73. The van der Waals surface area contributed by atoms with E-state index >= 15 is 0 Å². The summed E-state index contributed by atoms with van der Waals surface area (Å²) in [6.07, 6.45) is 0.134. The molecule has 8 heteroatoms. The molecular formula is C20H27IN4O3. The molecule has 0 saturated carbocycles. The molecule has 0 heterocycles. The van der Waals surface area contributed by atoms with Crippen molar-refractivity contribution in [1.29, 1.82) is 0 Å². The summed E-state index contributed by atoms with van der Waals surface area (Å²) in [5.41, 5.74) is 7.41. The predicted octanol–water partition coefficient (Wildman–Crippen LogP) is 3.86. The van der Waals surface area contributed by atoms with E-state index in [4.69, 9.17) is 15.2 Å². The van der Waals surface area contributed by atoms with E-state index in [-0.39, 0.29) is 36.0 Å². The lowest BCUT2D eigenvalue weighted by Gasteiger charge is -2.11. The standard InChI is InChI=1S/C20H26N4O3.HI/c1-14(2)27-18-9-7-16(8-10-18)24-20(21)22-11-12-26-19-6-4-5-17(13-19)23-15(3)25;/h4-10,13-14H,11-12H2,1-3H3,(H,23,25)(H3,21,22,24);1H. The minimum atomic E-state index is -0.126. The number of carbonyl (C=O) groups is 1. The summed E-state index contributed by atoms with van der Waals surface area (Å²) < 4.78 is 11.2. The van der Waals surface area contributed by atoms with E-state index in [9.17, 15) is 4.79 Å². The maximum Gasteiger partial charge on any atom is 0.221 e. The molecule has 0 fully saturated rings. The summed E-state index contributed by atoms with van der Waals surface area (Å²) in [7, 11) is 0.